The van der Waals surface area contributed by atoms with Gasteiger partial charge in [0.2, 0.25) is 0 Å². The molecule has 1 heterocycles. The van der Waals surface area contributed by atoms with Crippen LogP contribution in [0.3, 0.4) is 0 Å². The van der Waals surface area contributed by atoms with Gasteiger partial charge in [-0.15, -0.1) is 0 Å². The van der Waals surface area contributed by atoms with Crippen molar-refractivity contribution in [2.75, 3.05) is 13.2 Å². The highest BCUT2D eigenvalue weighted by Gasteiger charge is 2.26. The minimum Gasteiger partial charge on any atom is -0.490 e. The molecule has 2 aromatic carbocycles. The number of ether oxygens (including phenoxy) is 2. The first-order valence-electron chi connectivity index (χ1n) is 10.9. The third kappa shape index (κ3) is 6.20. The van der Waals surface area contributed by atoms with E-state index < -0.39 is 0 Å². The zero-order chi connectivity index (χ0) is 21.3. The van der Waals surface area contributed by atoms with Gasteiger partial charge in [-0.05, 0) is 80.5 Å². The standard InChI is InChI=1S/C26H33NO3/c1-4-16-29-23-9-7-8-22(18-23)25(30-26(28)24-10-5-6-15-27-24)14-13-21-12-11-19(2)20(3)17-21/h4,7-9,11-12,17-18,24-25,27H,1,5-6,10,13-16H2,2-3H3/t24-,25+/m0/s1. The lowest BCUT2D eigenvalue weighted by atomic mass is 9.98. The first-order chi connectivity index (χ1) is 14.6. The molecule has 0 saturated carbocycles. The molecule has 1 aliphatic rings. The molecule has 3 rings (SSSR count). The van der Waals surface area contributed by atoms with Crippen LogP contribution in [-0.4, -0.2) is 25.2 Å². The van der Waals surface area contributed by atoms with Crippen LogP contribution in [0, 0.1) is 13.8 Å². The molecule has 160 valence electrons. The quantitative estimate of drug-likeness (QED) is 0.457. The number of carbonyl (C=O) groups is 1. The number of piperidine rings is 1. The third-order valence-corrected chi connectivity index (χ3v) is 5.72. The van der Waals surface area contributed by atoms with E-state index in [2.05, 4.69) is 43.9 Å². The summed E-state index contributed by atoms with van der Waals surface area (Å²) < 4.78 is 11.7. The number of esters is 1. The second kappa shape index (κ2) is 11.0. The van der Waals surface area contributed by atoms with Gasteiger partial charge in [0.25, 0.3) is 0 Å². The fraction of sp³-hybridized carbons (Fsp3) is 0.423. The minimum absolute atomic E-state index is 0.155. The summed E-state index contributed by atoms with van der Waals surface area (Å²) in [4.78, 5) is 12.8. The number of hydrogen-bond donors (Lipinski definition) is 1. The van der Waals surface area contributed by atoms with Gasteiger partial charge in [-0.3, -0.25) is 4.79 Å². The Morgan fingerprint density at radius 3 is 2.80 bits per heavy atom. The van der Waals surface area contributed by atoms with Crippen molar-refractivity contribution in [2.45, 2.75) is 58.1 Å². The van der Waals surface area contributed by atoms with Crippen LogP contribution in [0.4, 0.5) is 0 Å². The van der Waals surface area contributed by atoms with Crippen LogP contribution < -0.4 is 10.1 Å². The van der Waals surface area contributed by atoms with E-state index in [4.69, 9.17) is 9.47 Å². The Kier molecular flexibility index (Phi) is 8.09. The molecule has 0 aromatic heterocycles. The predicted molar refractivity (Wildman–Crippen MR) is 121 cm³/mol. The molecule has 0 amide bonds. The molecular formula is C26H33NO3. The molecule has 1 N–H and O–H groups in total. The average Bonchev–Trinajstić information content (AvgIpc) is 2.78. The molecule has 30 heavy (non-hydrogen) atoms. The Labute approximate surface area is 180 Å². The topological polar surface area (TPSA) is 47.6 Å². The molecule has 1 aliphatic heterocycles. The predicted octanol–water partition coefficient (Wildman–Crippen LogP) is 5.23. The SMILES string of the molecule is C=CCOc1cccc([C@@H](CCc2ccc(C)c(C)c2)OC(=O)[C@@H]2CCCCN2)c1. The van der Waals surface area contributed by atoms with Crippen LogP contribution in [0.15, 0.2) is 55.1 Å². The van der Waals surface area contributed by atoms with E-state index in [-0.39, 0.29) is 18.1 Å². The van der Waals surface area contributed by atoms with E-state index in [1.54, 1.807) is 6.08 Å². The molecule has 1 saturated heterocycles. The Hall–Kier alpha value is -2.59. The zero-order valence-corrected chi connectivity index (χ0v) is 18.2. The molecule has 4 nitrogen and oxygen atoms in total. The van der Waals surface area contributed by atoms with E-state index in [0.717, 1.165) is 50.0 Å². The van der Waals surface area contributed by atoms with E-state index >= 15 is 0 Å². The van der Waals surface area contributed by atoms with E-state index in [1.165, 1.54) is 16.7 Å². The monoisotopic (exact) mass is 407 g/mol. The maximum absolute atomic E-state index is 12.8. The second-order valence-corrected chi connectivity index (χ2v) is 8.06. The van der Waals surface area contributed by atoms with Gasteiger partial charge in [-0.25, -0.2) is 0 Å². The molecule has 2 aromatic rings. The fourth-order valence-electron chi connectivity index (χ4n) is 3.79. The summed E-state index contributed by atoms with van der Waals surface area (Å²) in [5.41, 5.74) is 4.79. The van der Waals surface area contributed by atoms with Gasteiger partial charge in [0, 0.05) is 0 Å². The highest BCUT2D eigenvalue weighted by molar-refractivity contribution is 5.76. The highest BCUT2D eigenvalue weighted by atomic mass is 16.5. The third-order valence-electron chi connectivity index (χ3n) is 5.72. The van der Waals surface area contributed by atoms with Crippen LogP contribution >= 0.6 is 0 Å². The molecule has 4 heteroatoms. The van der Waals surface area contributed by atoms with Crippen molar-refractivity contribution in [3.05, 3.63) is 77.4 Å². The molecular weight excluding hydrogens is 374 g/mol. The van der Waals surface area contributed by atoms with Crippen molar-refractivity contribution in [1.82, 2.24) is 5.32 Å². The van der Waals surface area contributed by atoms with Crippen LogP contribution in [-0.2, 0) is 16.0 Å². The van der Waals surface area contributed by atoms with Crippen LogP contribution in [0.2, 0.25) is 0 Å². The van der Waals surface area contributed by atoms with Gasteiger partial charge in [-0.2, -0.15) is 0 Å². The second-order valence-electron chi connectivity index (χ2n) is 8.06. The van der Waals surface area contributed by atoms with E-state index in [1.807, 2.05) is 24.3 Å². The van der Waals surface area contributed by atoms with Gasteiger partial charge in [0.05, 0.1) is 0 Å². The molecule has 1 fully saturated rings. The van der Waals surface area contributed by atoms with E-state index in [0.29, 0.717) is 6.61 Å². The van der Waals surface area contributed by atoms with Crippen molar-refractivity contribution in [3.63, 3.8) is 0 Å². The highest BCUT2D eigenvalue weighted by Crippen LogP contribution is 2.28. The Morgan fingerprint density at radius 1 is 1.20 bits per heavy atom. The molecule has 0 unspecified atom stereocenters. The van der Waals surface area contributed by atoms with Gasteiger partial charge in [0.1, 0.15) is 24.5 Å². The molecule has 0 spiro atoms. The lowest BCUT2D eigenvalue weighted by Gasteiger charge is -2.25. The summed E-state index contributed by atoms with van der Waals surface area (Å²) in [5, 5.41) is 3.29. The average molecular weight is 408 g/mol. The number of benzene rings is 2. The number of hydrogen-bond acceptors (Lipinski definition) is 4. The van der Waals surface area contributed by atoms with Crippen molar-refractivity contribution < 1.29 is 14.3 Å². The van der Waals surface area contributed by atoms with Crippen molar-refractivity contribution in [2.24, 2.45) is 0 Å². The molecule has 0 aliphatic carbocycles. The summed E-state index contributed by atoms with van der Waals surface area (Å²) in [5.74, 6) is 0.604. The molecule has 0 radical (unpaired) electrons. The summed E-state index contributed by atoms with van der Waals surface area (Å²) in [6.07, 6.45) is 5.99. The van der Waals surface area contributed by atoms with E-state index in [9.17, 15) is 4.79 Å². The maximum Gasteiger partial charge on any atom is 0.323 e. The smallest absolute Gasteiger partial charge is 0.323 e. The Morgan fingerprint density at radius 2 is 2.07 bits per heavy atom. The number of nitrogens with one attached hydrogen (secondary N) is 1. The molecule has 0 bridgehead atoms. The lowest BCUT2D eigenvalue weighted by Crippen LogP contribution is -2.41. The summed E-state index contributed by atoms with van der Waals surface area (Å²) in [6.45, 7) is 9.27. The first kappa shape index (κ1) is 22.1. The summed E-state index contributed by atoms with van der Waals surface area (Å²) in [7, 11) is 0. The first-order valence-corrected chi connectivity index (χ1v) is 10.9. The number of rotatable bonds is 9. The minimum atomic E-state index is -0.310. The van der Waals surface area contributed by atoms with Crippen molar-refractivity contribution >= 4 is 5.97 Å². The van der Waals surface area contributed by atoms with Gasteiger partial charge in [0.15, 0.2) is 0 Å². The normalized spacial score (nSPS) is 17.2. The van der Waals surface area contributed by atoms with Gasteiger partial charge >= 0.3 is 5.97 Å². The van der Waals surface area contributed by atoms with Crippen LogP contribution in [0.1, 0.15) is 54.0 Å². The number of carbonyl (C=O) groups excluding carboxylic acids is 1. The van der Waals surface area contributed by atoms with Crippen molar-refractivity contribution in [1.29, 1.82) is 0 Å². The summed E-state index contributed by atoms with van der Waals surface area (Å²) in [6, 6.07) is 14.2. The van der Waals surface area contributed by atoms with Gasteiger partial charge in [-0.1, -0.05) is 49.4 Å². The van der Waals surface area contributed by atoms with Crippen LogP contribution in [0.5, 0.6) is 5.75 Å². The van der Waals surface area contributed by atoms with Crippen molar-refractivity contribution in [3.8, 4) is 5.75 Å². The largest absolute Gasteiger partial charge is 0.490 e. The van der Waals surface area contributed by atoms with Gasteiger partial charge < -0.3 is 14.8 Å². The number of aryl methyl sites for hydroxylation is 3. The Balaban J connectivity index is 1.75. The maximum atomic E-state index is 12.8. The molecule has 2 atom stereocenters. The lowest BCUT2D eigenvalue weighted by molar-refractivity contribution is -0.153. The zero-order valence-electron chi connectivity index (χ0n) is 18.2. The Bertz CT molecular complexity index is 855. The summed E-state index contributed by atoms with van der Waals surface area (Å²) >= 11 is 0. The fourth-order valence-corrected chi connectivity index (χ4v) is 3.79. The van der Waals surface area contributed by atoms with Crippen LogP contribution in [0.25, 0.3) is 0 Å².